The number of benzene rings is 2. The minimum atomic E-state index is -0.502. The summed E-state index contributed by atoms with van der Waals surface area (Å²) in [5, 5.41) is 2.74. The van der Waals surface area contributed by atoms with Crippen LogP contribution in [0.4, 0.5) is 16.2 Å². The van der Waals surface area contributed by atoms with E-state index in [0.717, 1.165) is 31.0 Å². The molecule has 0 spiro atoms. The van der Waals surface area contributed by atoms with E-state index >= 15 is 0 Å². The molecule has 128 valence electrons. The summed E-state index contributed by atoms with van der Waals surface area (Å²) < 4.78 is 10.9. The molecule has 2 aliphatic heterocycles. The lowest BCUT2D eigenvalue weighted by atomic mass is 10.1. The third-order valence-corrected chi connectivity index (χ3v) is 4.45. The van der Waals surface area contributed by atoms with Crippen LogP contribution < -0.4 is 10.1 Å². The lowest BCUT2D eigenvalue weighted by Crippen LogP contribution is -2.34. The van der Waals surface area contributed by atoms with Crippen LogP contribution in [0, 0.1) is 0 Å². The van der Waals surface area contributed by atoms with E-state index < -0.39 is 6.09 Å². The lowest BCUT2D eigenvalue weighted by molar-refractivity contribution is 0.143. The predicted octanol–water partition coefficient (Wildman–Crippen LogP) is 3.56. The van der Waals surface area contributed by atoms with Gasteiger partial charge < -0.3 is 14.4 Å². The summed E-state index contributed by atoms with van der Waals surface area (Å²) in [4.78, 5) is 19.2. The molecule has 4 rings (SSSR count). The van der Waals surface area contributed by atoms with Crippen LogP contribution in [0.1, 0.15) is 12.0 Å². The van der Waals surface area contributed by atoms with Gasteiger partial charge in [0, 0.05) is 19.5 Å². The summed E-state index contributed by atoms with van der Waals surface area (Å²) in [5.74, 6) is 1.42. The highest BCUT2D eigenvalue weighted by Gasteiger charge is 2.35. The van der Waals surface area contributed by atoms with E-state index in [4.69, 9.17) is 14.5 Å². The van der Waals surface area contributed by atoms with E-state index in [1.54, 1.807) is 19.2 Å². The number of nitrogens with one attached hydrogen (secondary N) is 1. The first-order valence-corrected chi connectivity index (χ1v) is 8.26. The van der Waals surface area contributed by atoms with Gasteiger partial charge in [0.2, 0.25) is 0 Å². The number of ether oxygens (including phenoxy) is 2. The molecule has 2 aromatic carbocycles. The Hall–Kier alpha value is -3.02. The molecule has 0 unspecified atom stereocenters. The van der Waals surface area contributed by atoms with Crippen LogP contribution in [0.2, 0.25) is 0 Å². The number of fused-ring (bicyclic) bond motifs is 2. The molecular weight excluding hydrogens is 318 g/mol. The van der Waals surface area contributed by atoms with Crippen LogP contribution >= 0.6 is 0 Å². The van der Waals surface area contributed by atoms with Gasteiger partial charge >= 0.3 is 6.09 Å². The van der Waals surface area contributed by atoms with E-state index in [0.29, 0.717) is 11.4 Å². The number of nitrogens with zero attached hydrogens (tertiary/aromatic N) is 2. The monoisotopic (exact) mass is 337 g/mol. The highest BCUT2D eigenvalue weighted by Crippen LogP contribution is 2.31. The number of hydrogen-bond acceptors (Lipinski definition) is 5. The van der Waals surface area contributed by atoms with E-state index in [-0.39, 0.29) is 6.10 Å². The van der Waals surface area contributed by atoms with Gasteiger partial charge in [0.05, 0.1) is 18.5 Å². The quantitative estimate of drug-likeness (QED) is 0.930. The van der Waals surface area contributed by atoms with Crippen molar-refractivity contribution in [2.45, 2.75) is 19.1 Å². The molecule has 0 bridgehead atoms. The average Bonchev–Trinajstić information content (AvgIpc) is 3.02. The first kappa shape index (κ1) is 15.5. The second kappa shape index (κ2) is 6.47. The fourth-order valence-corrected chi connectivity index (χ4v) is 3.23. The minimum absolute atomic E-state index is 0.330. The van der Waals surface area contributed by atoms with Crippen LogP contribution in [-0.4, -0.2) is 36.6 Å². The van der Waals surface area contributed by atoms with Gasteiger partial charge in [-0.2, -0.15) is 0 Å². The van der Waals surface area contributed by atoms with Crippen molar-refractivity contribution in [2.24, 2.45) is 4.99 Å². The van der Waals surface area contributed by atoms with Gasteiger partial charge in [0.25, 0.3) is 0 Å². The van der Waals surface area contributed by atoms with Crippen molar-refractivity contribution in [3.05, 3.63) is 54.1 Å². The van der Waals surface area contributed by atoms with Crippen molar-refractivity contribution in [1.29, 1.82) is 0 Å². The Morgan fingerprint density at radius 1 is 1.20 bits per heavy atom. The number of methoxy groups -OCH3 is 1. The summed E-state index contributed by atoms with van der Waals surface area (Å²) in [6.45, 7) is 1.64. The topological polar surface area (TPSA) is 63.2 Å². The Morgan fingerprint density at radius 2 is 2.00 bits per heavy atom. The van der Waals surface area contributed by atoms with Crippen molar-refractivity contribution in [1.82, 2.24) is 4.90 Å². The van der Waals surface area contributed by atoms with Gasteiger partial charge in [-0.05, 0) is 23.8 Å². The fourth-order valence-electron chi connectivity index (χ4n) is 3.23. The zero-order chi connectivity index (χ0) is 17.2. The maximum atomic E-state index is 12.3. The van der Waals surface area contributed by atoms with Crippen LogP contribution in [0.3, 0.4) is 0 Å². The molecule has 0 aliphatic carbocycles. The number of amidine groups is 1. The average molecular weight is 337 g/mol. The Bertz CT molecular complexity index is 834. The standard InChI is InChI=1S/C19H19N3O3/c1-24-16-9-5-4-8-15(16)21-19(23)25-17-10-11-22-12-13-6-2-3-7-14(13)20-18(17)22/h2-9,17H,10-12H2,1H3,(H,21,23)/t17-/m0/s1. The van der Waals surface area contributed by atoms with Crippen LogP contribution in [0.15, 0.2) is 53.5 Å². The number of anilines is 1. The predicted molar refractivity (Wildman–Crippen MR) is 95.4 cm³/mol. The molecule has 2 aromatic rings. The van der Waals surface area contributed by atoms with E-state index in [1.165, 1.54) is 5.56 Å². The zero-order valence-corrected chi connectivity index (χ0v) is 13.9. The van der Waals surface area contributed by atoms with Gasteiger partial charge in [0.1, 0.15) is 11.6 Å². The number of aliphatic imine (C=N–C) groups is 1. The van der Waals surface area contributed by atoms with Crippen molar-refractivity contribution in [3.63, 3.8) is 0 Å². The third kappa shape index (κ3) is 3.03. The second-order valence-corrected chi connectivity index (χ2v) is 6.03. The molecule has 1 atom stereocenters. The first-order chi connectivity index (χ1) is 12.2. The van der Waals surface area contributed by atoms with Gasteiger partial charge in [0.15, 0.2) is 6.10 Å². The van der Waals surface area contributed by atoms with Gasteiger partial charge in [-0.1, -0.05) is 30.3 Å². The minimum Gasteiger partial charge on any atom is -0.495 e. The molecule has 1 N–H and O–H groups in total. The summed E-state index contributed by atoms with van der Waals surface area (Å²) in [6.07, 6.45) is -0.0902. The van der Waals surface area contributed by atoms with Crippen LogP contribution in [0.5, 0.6) is 5.75 Å². The van der Waals surface area contributed by atoms with E-state index in [9.17, 15) is 4.79 Å². The van der Waals surface area contributed by atoms with Crippen molar-refractivity contribution < 1.29 is 14.3 Å². The number of hydrogen-bond donors (Lipinski definition) is 1. The largest absolute Gasteiger partial charge is 0.495 e. The molecule has 2 heterocycles. The molecule has 6 heteroatoms. The highest BCUT2D eigenvalue weighted by molar-refractivity contribution is 5.95. The van der Waals surface area contributed by atoms with E-state index in [1.807, 2.05) is 30.3 Å². The van der Waals surface area contributed by atoms with Gasteiger partial charge in [-0.25, -0.2) is 9.79 Å². The number of carbonyl (C=O) groups excluding carboxylic acids is 1. The molecule has 0 saturated carbocycles. The first-order valence-electron chi connectivity index (χ1n) is 8.26. The van der Waals surface area contributed by atoms with Crippen molar-refractivity contribution in [2.75, 3.05) is 19.0 Å². The maximum Gasteiger partial charge on any atom is 0.412 e. The Labute approximate surface area is 146 Å². The summed E-state index contributed by atoms with van der Waals surface area (Å²) >= 11 is 0. The smallest absolute Gasteiger partial charge is 0.412 e. The number of amides is 1. The maximum absolute atomic E-state index is 12.3. The Kier molecular flexibility index (Phi) is 4.01. The molecule has 1 fully saturated rings. The van der Waals surface area contributed by atoms with Gasteiger partial charge in [-0.3, -0.25) is 5.32 Å². The normalized spacial score (nSPS) is 18.0. The van der Waals surface area contributed by atoms with Crippen molar-refractivity contribution in [3.8, 4) is 5.75 Å². The fraction of sp³-hybridized carbons (Fsp3) is 0.263. The molecule has 2 aliphatic rings. The molecule has 6 nitrogen and oxygen atoms in total. The van der Waals surface area contributed by atoms with Gasteiger partial charge in [-0.15, -0.1) is 0 Å². The van der Waals surface area contributed by atoms with E-state index in [2.05, 4.69) is 16.3 Å². The SMILES string of the molecule is COc1ccccc1NC(=O)O[C@H]1CCN2Cc3ccccc3N=C12. The van der Waals surface area contributed by atoms with Crippen LogP contribution in [-0.2, 0) is 11.3 Å². The number of carbonyl (C=O) groups is 1. The third-order valence-electron chi connectivity index (χ3n) is 4.45. The second-order valence-electron chi connectivity index (χ2n) is 6.03. The Balaban J connectivity index is 1.48. The molecular formula is C19H19N3O3. The summed E-state index contributed by atoms with van der Waals surface area (Å²) in [6, 6.07) is 15.3. The lowest BCUT2D eigenvalue weighted by Gasteiger charge is -2.26. The molecule has 0 aromatic heterocycles. The van der Waals surface area contributed by atoms with Crippen molar-refractivity contribution >= 4 is 23.3 Å². The molecule has 0 radical (unpaired) electrons. The highest BCUT2D eigenvalue weighted by atomic mass is 16.6. The summed E-state index contributed by atoms with van der Waals surface area (Å²) in [5.41, 5.74) is 2.74. The Morgan fingerprint density at radius 3 is 2.88 bits per heavy atom. The molecule has 1 amide bonds. The zero-order valence-electron chi connectivity index (χ0n) is 13.9. The number of rotatable bonds is 3. The van der Waals surface area contributed by atoms with Crippen LogP contribution in [0.25, 0.3) is 0 Å². The summed E-state index contributed by atoms with van der Waals surface area (Å²) in [7, 11) is 1.56. The molecule has 25 heavy (non-hydrogen) atoms. The number of para-hydroxylation sites is 3. The molecule has 1 saturated heterocycles.